The lowest BCUT2D eigenvalue weighted by Gasteiger charge is -2.09. The molecule has 0 amide bonds. The minimum Gasteiger partial charge on any atom is -0.268 e. The Bertz CT molecular complexity index is 538. The maximum absolute atomic E-state index is 12.8. The van der Waals surface area contributed by atoms with Gasteiger partial charge < -0.3 is 0 Å². The first-order valence-corrected chi connectivity index (χ1v) is 6.96. The zero-order valence-corrected chi connectivity index (χ0v) is 10.8. The van der Waals surface area contributed by atoms with Gasteiger partial charge in [0.15, 0.2) is 5.71 Å². The van der Waals surface area contributed by atoms with E-state index in [9.17, 15) is 21.6 Å². The first kappa shape index (κ1) is 15.5. The number of halogens is 3. The van der Waals surface area contributed by atoms with Gasteiger partial charge in [-0.05, 0) is 6.42 Å². The van der Waals surface area contributed by atoms with E-state index in [0.717, 1.165) is 0 Å². The Hall–Kier alpha value is -1.57. The van der Waals surface area contributed by atoms with Gasteiger partial charge in [-0.15, -0.1) is 0 Å². The lowest BCUT2D eigenvalue weighted by atomic mass is 10.1. The summed E-state index contributed by atoms with van der Waals surface area (Å²) in [5.74, 6) is -0.392. The van der Waals surface area contributed by atoms with Gasteiger partial charge in [0.05, 0.1) is 5.75 Å². The molecule has 0 aliphatic heterocycles. The third-order valence-corrected chi connectivity index (χ3v) is 3.22. The second-order valence-corrected chi connectivity index (χ2v) is 5.31. The third kappa shape index (κ3) is 4.90. The van der Waals surface area contributed by atoms with Gasteiger partial charge in [-0.1, -0.05) is 42.4 Å². The van der Waals surface area contributed by atoms with Crippen molar-refractivity contribution in [1.82, 2.24) is 0 Å². The molecule has 0 spiro atoms. The lowest BCUT2D eigenvalue weighted by molar-refractivity contribution is -0.0596. The zero-order valence-electron chi connectivity index (χ0n) is 10.0. The van der Waals surface area contributed by atoms with Crippen molar-refractivity contribution >= 4 is 15.8 Å². The number of nitrogens with zero attached hydrogens (tertiary/aromatic N) is 1. The fraction of sp³-hybridized carbons (Fsp3) is 0.364. The summed E-state index contributed by atoms with van der Waals surface area (Å²) in [6, 6.07) is 6.64. The van der Waals surface area contributed by atoms with Crippen molar-refractivity contribution in [2.75, 3.05) is 5.75 Å². The highest BCUT2D eigenvalue weighted by atomic mass is 32.2. The molecule has 8 heteroatoms. The molecule has 0 heterocycles. The molecule has 106 valence electrons. The van der Waals surface area contributed by atoms with E-state index in [-0.39, 0.29) is 12.0 Å². The van der Waals surface area contributed by atoms with Crippen molar-refractivity contribution in [3.05, 3.63) is 35.9 Å². The highest BCUT2D eigenvalue weighted by molar-refractivity contribution is 7.86. The Morgan fingerprint density at radius 2 is 1.84 bits per heavy atom. The van der Waals surface area contributed by atoms with Crippen LogP contribution in [0.15, 0.2) is 35.5 Å². The van der Waals surface area contributed by atoms with E-state index in [1.54, 1.807) is 6.92 Å². The van der Waals surface area contributed by atoms with Crippen molar-refractivity contribution in [2.24, 2.45) is 5.16 Å². The molecular formula is C11H12F3NO3S. The van der Waals surface area contributed by atoms with Gasteiger partial charge in [-0.25, -0.2) is 0 Å². The van der Waals surface area contributed by atoms with E-state index in [4.69, 9.17) is 0 Å². The highest BCUT2D eigenvalue weighted by Crippen LogP contribution is 2.23. The quantitative estimate of drug-likeness (QED) is 0.620. The van der Waals surface area contributed by atoms with Crippen LogP contribution in [-0.2, 0) is 14.4 Å². The summed E-state index contributed by atoms with van der Waals surface area (Å²) in [6.45, 7) is 1.56. The molecule has 0 aliphatic carbocycles. The van der Waals surface area contributed by atoms with E-state index in [1.165, 1.54) is 30.3 Å². The maximum Gasteiger partial charge on any atom is 0.437 e. The molecule has 0 aliphatic rings. The molecule has 0 aromatic heterocycles. The molecule has 0 atom stereocenters. The van der Waals surface area contributed by atoms with Crippen molar-refractivity contribution in [3.63, 3.8) is 0 Å². The molecule has 1 aromatic carbocycles. The van der Waals surface area contributed by atoms with Gasteiger partial charge in [0.2, 0.25) is 0 Å². The molecule has 1 aromatic rings. The standard InChI is InChI=1S/C11H12F3NO3S/c1-2-8-19(16,17)18-15-10(11(12,13)14)9-6-4-3-5-7-9/h3-7H,2,8H2,1H3. The van der Waals surface area contributed by atoms with Crippen LogP contribution in [0.25, 0.3) is 0 Å². The zero-order chi connectivity index (χ0) is 14.5. The molecule has 0 N–H and O–H groups in total. The Morgan fingerprint density at radius 3 is 2.32 bits per heavy atom. The summed E-state index contributed by atoms with van der Waals surface area (Å²) in [6.07, 6.45) is -4.58. The van der Waals surface area contributed by atoms with Gasteiger partial charge in [-0.2, -0.15) is 21.6 Å². The second-order valence-electron chi connectivity index (χ2n) is 3.64. The topological polar surface area (TPSA) is 55.7 Å². The summed E-state index contributed by atoms with van der Waals surface area (Å²) in [4.78, 5) is 0. The van der Waals surface area contributed by atoms with Gasteiger partial charge in [0, 0.05) is 5.56 Å². The fourth-order valence-electron chi connectivity index (χ4n) is 1.25. The van der Waals surface area contributed by atoms with Crippen molar-refractivity contribution in [2.45, 2.75) is 19.5 Å². The summed E-state index contributed by atoms with van der Waals surface area (Å²) < 4.78 is 64.7. The molecule has 0 saturated carbocycles. The van der Waals surface area contributed by atoms with Gasteiger partial charge in [0.25, 0.3) is 0 Å². The molecule has 0 radical (unpaired) electrons. The predicted molar refractivity (Wildman–Crippen MR) is 64.2 cm³/mol. The smallest absolute Gasteiger partial charge is 0.268 e. The number of oxime groups is 1. The van der Waals surface area contributed by atoms with Crippen molar-refractivity contribution in [1.29, 1.82) is 0 Å². The first-order chi connectivity index (χ1) is 8.76. The van der Waals surface area contributed by atoms with Crippen LogP contribution in [0.2, 0.25) is 0 Å². The van der Waals surface area contributed by atoms with Crippen LogP contribution >= 0.6 is 0 Å². The molecule has 4 nitrogen and oxygen atoms in total. The number of rotatable bonds is 5. The fourth-order valence-corrected chi connectivity index (χ4v) is 2.01. The molecule has 0 unspecified atom stereocenters. The summed E-state index contributed by atoms with van der Waals surface area (Å²) >= 11 is 0. The Balaban J connectivity index is 3.07. The number of hydrogen-bond donors (Lipinski definition) is 0. The molecule has 0 saturated heterocycles. The van der Waals surface area contributed by atoms with E-state index in [1.807, 2.05) is 0 Å². The largest absolute Gasteiger partial charge is 0.437 e. The van der Waals surface area contributed by atoms with E-state index in [0.29, 0.717) is 0 Å². The summed E-state index contributed by atoms with van der Waals surface area (Å²) in [5, 5.41) is 2.76. The summed E-state index contributed by atoms with van der Waals surface area (Å²) in [7, 11) is -4.08. The SMILES string of the molecule is CCCS(=O)(=O)ON=C(c1ccccc1)C(F)(F)F. The van der Waals surface area contributed by atoms with E-state index < -0.39 is 27.8 Å². The minimum atomic E-state index is -4.80. The maximum atomic E-state index is 12.8. The van der Waals surface area contributed by atoms with Crippen LogP contribution in [0, 0.1) is 0 Å². The normalized spacial score (nSPS) is 13.4. The van der Waals surface area contributed by atoms with E-state index in [2.05, 4.69) is 9.44 Å². The number of alkyl halides is 3. The third-order valence-electron chi connectivity index (χ3n) is 2.01. The van der Waals surface area contributed by atoms with Crippen LogP contribution in [0.1, 0.15) is 18.9 Å². The Labute approximate surface area is 109 Å². The monoisotopic (exact) mass is 295 g/mol. The summed E-state index contributed by atoms with van der Waals surface area (Å²) in [5.41, 5.74) is -1.64. The number of hydrogen-bond acceptors (Lipinski definition) is 4. The van der Waals surface area contributed by atoms with Crippen LogP contribution in [-0.4, -0.2) is 26.1 Å². The molecule has 19 heavy (non-hydrogen) atoms. The van der Waals surface area contributed by atoms with Gasteiger partial charge in [-0.3, -0.25) is 4.28 Å². The molecule has 0 fully saturated rings. The van der Waals surface area contributed by atoms with Crippen LogP contribution in [0.5, 0.6) is 0 Å². The first-order valence-electron chi connectivity index (χ1n) is 5.38. The average Bonchev–Trinajstić information content (AvgIpc) is 2.28. The highest BCUT2D eigenvalue weighted by Gasteiger charge is 2.38. The van der Waals surface area contributed by atoms with Crippen LogP contribution in [0.3, 0.4) is 0 Å². The average molecular weight is 295 g/mol. The molecular weight excluding hydrogens is 283 g/mol. The second kappa shape index (κ2) is 6.05. The minimum absolute atomic E-state index is 0.227. The van der Waals surface area contributed by atoms with Gasteiger partial charge >= 0.3 is 16.3 Å². The molecule has 1 rings (SSSR count). The van der Waals surface area contributed by atoms with Crippen LogP contribution < -0.4 is 0 Å². The van der Waals surface area contributed by atoms with Crippen molar-refractivity contribution < 1.29 is 25.9 Å². The Kier molecular flexibility index (Phi) is 4.93. The van der Waals surface area contributed by atoms with Crippen LogP contribution in [0.4, 0.5) is 13.2 Å². The van der Waals surface area contributed by atoms with Crippen molar-refractivity contribution in [3.8, 4) is 0 Å². The number of benzene rings is 1. The predicted octanol–water partition coefficient (Wildman–Crippen LogP) is 2.71. The van der Waals surface area contributed by atoms with Gasteiger partial charge in [0.1, 0.15) is 0 Å². The Morgan fingerprint density at radius 1 is 1.26 bits per heavy atom. The van der Waals surface area contributed by atoms with E-state index >= 15 is 0 Å². The lowest BCUT2D eigenvalue weighted by Crippen LogP contribution is -2.25. The molecule has 0 bridgehead atoms.